The van der Waals surface area contributed by atoms with E-state index in [9.17, 15) is 18.0 Å². The molecular weight excluding hydrogens is 469 g/mol. The third-order valence-electron chi connectivity index (χ3n) is 5.10. The van der Waals surface area contributed by atoms with Crippen molar-refractivity contribution in [2.45, 2.75) is 6.18 Å². The van der Waals surface area contributed by atoms with Crippen molar-refractivity contribution < 1.29 is 32.5 Å². The Balaban J connectivity index is 1.40. The summed E-state index contributed by atoms with van der Waals surface area (Å²) >= 11 is 0. The van der Waals surface area contributed by atoms with E-state index in [4.69, 9.17) is 14.6 Å². The minimum atomic E-state index is -4.40. The highest BCUT2D eigenvalue weighted by atomic mass is 19.4. The summed E-state index contributed by atoms with van der Waals surface area (Å²) in [5.74, 6) is 6.01. The van der Waals surface area contributed by atoms with E-state index in [0.717, 1.165) is 12.1 Å². The van der Waals surface area contributed by atoms with Crippen molar-refractivity contribution in [3.8, 4) is 40.2 Å². The van der Waals surface area contributed by atoms with Gasteiger partial charge in [-0.2, -0.15) is 13.2 Å². The molecule has 0 amide bonds. The van der Waals surface area contributed by atoms with Gasteiger partial charge in [0.1, 0.15) is 12.4 Å². The Hall–Kier alpha value is -4.70. The molecule has 4 nitrogen and oxygen atoms in total. The van der Waals surface area contributed by atoms with Crippen LogP contribution in [-0.4, -0.2) is 17.7 Å². The highest BCUT2D eigenvalue weighted by molar-refractivity contribution is 5.88. The summed E-state index contributed by atoms with van der Waals surface area (Å²) in [6, 6.07) is 25.1. The third-order valence-corrected chi connectivity index (χ3v) is 5.10. The molecule has 1 N–H and O–H groups in total. The quantitative estimate of drug-likeness (QED) is 0.290. The molecule has 0 aliphatic heterocycles. The number of halogens is 3. The van der Waals surface area contributed by atoms with Gasteiger partial charge in [-0.15, -0.1) is 0 Å². The predicted octanol–water partition coefficient (Wildman–Crippen LogP) is 7.29. The van der Waals surface area contributed by atoms with Gasteiger partial charge in [0.05, 0.1) is 11.1 Å². The van der Waals surface area contributed by atoms with Gasteiger partial charge in [0.2, 0.25) is 0 Å². The number of rotatable bonds is 6. The van der Waals surface area contributed by atoms with E-state index in [2.05, 4.69) is 11.8 Å². The van der Waals surface area contributed by atoms with Gasteiger partial charge in [0.25, 0.3) is 0 Å². The minimum absolute atomic E-state index is 0.0604. The largest absolute Gasteiger partial charge is 0.478 e. The molecule has 0 saturated carbocycles. The first-order chi connectivity index (χ1) is 17.3. The molecule has 0 heterocycles. The van der Waals surface area contributed by atoms with Gasteiger partial charge in [0, 0.05) is 5.56 Å². The van der Waals surface area contributed by atoms with Crippen LogP contribution in [0, 0.1) is 11.8 Å². The summed E-state index contributed by atoms with van der Waals surface area (Å²) in [7, 11) is 0. The molecular formula is C29H19F3O4. The number of carbonyl (C=O) groups is 1. The predicted molar refractivity (Wildman–Crippen MR) is 129 cm³/mol. The molecule has 36 heavy (non-hydrogen) atoms. The second kappa shape index (κ2) is 10.7. The first-order valence-corrected chi connectivity index (χ1v) is 10.8. The smallest absolute Gasteiger partial charge is 0.416 e. The lowest BCUT2D eigenvalue weighted by molar-refractivity contribution is -0.137. The zero-order chi connectivity index (χ0) is 25.5. The molecule has 0 atom stereocenters. The average molecular weight is 488 g/mol. The number of carboxylic acids is 1. The molecule has 0 fully saturated rings. The summed E-state index contributed by atoms with van der Waals surface area (Å²) in [4.78, 5) is 11.2. The van der Waals surface area contributed by atoms with Crippen LogP contribution in [0.25, 0.3) is 11.1 Å². The van der Waals surface area contributed by atoms with E-state index >= 15 is 0 Å². The SMILES string of the molecule is O=C(O)c1cccc(Oc2ccccc2OCC#Cc2ccc(-c3cccc(C(F)(F)F)c3)cc2)c1. The molecule has 0 aromatic heterocycles. The van der Waals surface area contributed by atoms with Crippen LogP contribution in [0.2, 0.25) is 0 Å². The minimum Gasteiger partial charge on any atom is -0.478 e. The summed E-state index contributed by atoms with van der Waals surface area (Å²) in [5, 5.41) is 9.14. The van der Waals surface area contributed by atoms with Gasteiger partial charge in [-0.3, -0.25) is 0 Å². The van der Waals surface area contributed by atoms with Gasteiger partial charge in [-0.25, -0.2) is 4.79 Å². The van der Waals surface area contributed by atoms with Crippen LogP contribution in [0.15, 0.2) is 97.1 Å². The Kier molecular flexibility index (Phi) is 7.26. The summed E-state index contributed by atoms with van der Waals surface area (Å²) in [6.07, 6.45) is -4.40. The Bertz CT molecular complexity index is 1430. The lowest BCUT2D eigenvalue weighted by Gasteiger charge is -2.11. The van der Waals surface area contributed by atoms with Gasteiger partial charge in [-0.05, 0) is 65.7 Å². The lowest BCUT2D eigenvalue weighted by Crippen LogP contribution is -2.04. The first kappa shape index (κ1) is 24.4. The second-order valence-electron chi connectivity index (χ2n) is 7.63. The maximum atomic E-state index is 13.0. The second-order valence-corrected chi connectivity index (χ2v) is 7.63. The van der Waals surface area contributed by atoms with Crippen molar-refractivity contribution in [2.75, 3.05) is 6.61 Å². The standard InChI is InChI=1S/C29H19F3O4/c30-29(31,32)24-9-3-7-22(18-24)21-15-13-20(14-16-21)6-5-17-35-26-11-1-2-12-27(26)36-25-10-4-8-23(19-25)28(33)34/h1-4,7-16,18-19H,17H2,(H,33,34). The van der Waals surface area contributed by atoms with Crippen LogP contribution in [0.1, 0.15) is 21.5 Å². The number of para-hydroxylation sites is 2. The van der Waals surface area contributed by atoms with Crippen LogP contribution in [0.5, 0.6) is 17.2 Å². The molecule has 0 spiro atoms. The normalized spacial score (nSPS) is 10.8. The Morgan fingerprint density at radius 2 is 1.53 bits per heavy atom. The topological polar surface area (TPSA) is 55.8 Å². The number of aromatic carboxylic acids is 1. The number of ether oxygens (including phenoxy) is 2. The van der Waals surface area contributed by atoms with Gasteiger partial charge < -0.3 is 14.6 Å². The fraction of sp³-hybridized carbons (Fsp3) is 0.0690. The molecule has 0 saturated heterocycles. The van der Waals surface area contributed by atoms with Crippen molar-refractivity contribution >= 4 is 5.97 Å². The van der Waals surface area contributed by atoms with Crippen LogP contribution < -0.4 is 9.47 Å². The number of hydrogen-bond donors (Lipinski definition) is 1. The summed E-state index contributed by atoms with van der Waals surface area (Å²) in [5.41, 5.74) is 1.22. The van der Waals surface area contributed by atoms with Crippen molar-refractivity contribution in [3.05, 3.63) is 114 Å². The van der Waals surface area contributed by atoms with Crippen molar-refractivity contribution in [3.63, 3.8) is 0 Å². The van der Waals surface area contributed by atoms with E-state index in [1.54, 1.807) is 66.7 Å². The van der Waals surface area contributed by atoms with Crippen molar-refractivity contribution in [1.29, 1.82) is 0 Å². The monoisotopic (exact) mass is 488 g/mol. The molecule has 0 aliphatic carbocycles. The third kappa shape index (κ3) is 6.24. The lowest BCUT2D eigenvalue weighted by atomic mass is 10.0. The molecule has 0 unspecified atom stereocenters. The molecule has 0 radical (unpaired) electrons. The van der Waals surface area contributed by atoms with Crippen molar-refractivity contribution in [1.82, 2.24) is 0 Å². The van der Waals surface area contributed by atoms with E-state index in [-0.39, 0.29) is 12.2 Å². The molecule has 4 aromatic carbocycles. The van der Waals surface area contributed by atoms with Crippen LogP contribution in [0.3, 0.4) is 0 Å². The van der Waals surface area contributed by atoms with E-state index in [1.807, 2.05) is 0 Å². The average Bonchev–Trinajstić information content (AvgIpc) is 2.87. The Morgan fingerprint density at radius 1 is 0.806 bits per heavy atom. The molecule has 4 rings (SSSR count). The van der Waals surface area contributed by atoms with E-state index in [0.29, 0.717) is 33.9 Å². The van der Waals surface area contributed by atoms with E-state index < -0.39 is 17.7 Å². The van der Waals surface area contributed by atoms with Crippen LogP contribution in [0.4, 0.5) is 13.2 Å². The Labute approximate surface area is 205 Å². The number of benzene rings is 4. The summed E-state index contributed by atoms with van der Waals surface area (Å²) in [6.45, 7) is 0.0604. The molecule has 4 aromatic rings. The van der Waals surface area contributed by atoms with Gasteiger partial charge in [-0.1, -0.05) is 54.3 Å². The van der Waals surface area contributed by atoms with E-state index in [1.165, 1.54) is 18.2 Å². The molecule has 0 bridgehead atoms. The Morgan fingerprint density at radius 3 is 2.25 bits per heavy atom. The fourth-order valence-electron chi connectivity index (χ4n) is 3.35. The summed E-state index contributed by atoms with van der Waals surface area (Å²) < 4.78 is 50.4. The zero-order valence-corrected chi connectivity index (χ0v) is 18.8. The molecule has 7 heteroatoms. The van der Waals surface area contributed by atoms with Gasteiger partial charge in [0.15, 0.2) is 11.5 Å². The maximum Gasteiger partial charge on any atom is 0.416 e. The number of hydrogen-bond acceptors (Lipinski definition) is 3. The van der Waals surface area contributed by atoms with Crippen LogP contribution in [-0.2, 0) is 6.18 Å². The molecule has 0 aliphatic rings. The number of carboxylic acid groups (broad SMARTS) is 1. The molecule has 180 valence electrons. The van der Waals surface area contributed by atoms with Gasteiger partial charge >= 0.3 is 12.1 Å². The number of alkyl halides is 3. The fourth-order valence-corrected chi connectivity index (χ4v) is 3.35. The highest BCUT2D eigenvalue weighted by Gasteiger charge is 2.30. The maximum absolute atomic E-state index is 13.0. The first-order valence-electron chi connectivity index (χ1n) is 10.8. The van der Waals surface area contributed by atoms with Crippen LogP contribution >= 0.6 is 0 Å². The zero-order valence-electron chi connectivity index (χ0n) is 18.8. The van der Waals surface area contributed by atoms with Crippen molar-refractivity contribution in [2.24, 2.45) is 0 Å². The highest BCUT2D eigenvalue weighted by Crippen LogP contribution is 2.33.